The molecule has 0 bridgehead atoms. The zero-order valence-electron chi connectivity index (χ0n) is 12.0. The molecule has 0 amide bonds. The van der Waals surface area contributed by atoms with Crippen LogP contribution >= 0.6 is 0 Å². The lowest BCUT2D eigenvalue weighted by atomic mass is 9.75. The molecule has 1 heterocycles. The fourth-order valence-electron chi connectivity index (χ4n) is 2.64. The van der Waals surface area contributed by atoms with Gasteiger partial charge in [-0.1, -0.05) is 48.5 Å². The van der Waals surface area contributed by atoms with E-state index >= 15 is 0 Å². The van der Waals surface area contributed by atoms with Gasteiger partial charge in [0, 0.05) is 6.54 Å². The van der Waals surface area contributed by atoms with E-state index in [1.165, 1.54) is 32.5 Å². The molecule has 0 saturated carbocycles. The Morgan fingerprint density at radius 2 is 1.40 bits per heavy atom. The third-order valence-corrected chi connectivity index (χ3v) is 2.61. The number of likely N-dealkylation sites (tertiary alicyclic amines) is 1. The molecule has 0 N–H and O–H groups in total. The van der Waals surface area contributed by atoms with Gasteiger partial charge in [-0.05, 0) is 36.8 Å². The molecule has 1 fully saturated rings. The topological polar surface area (TPSA) is 3.24 Å². The van der Waals surface area contributed by atoms with Crippen molar-refractivity contribution in [3.8, 4) is 0 Å². The largest absolute Gasteiger partial charge is 0.303 e. The second-order valence-electron chi connectivity index (χ2n) is 6.53. The molecular formula is C14H31N. The average Bonchev–Trinajstić information content (AvgIpc) is 1.97. The van der Waals surface area contributed by atoms with Crippen molar-refractivity contribution in [3.05, 3.63) is 0 Å². The average molecular weight is 213 g/mol. The molecule has 0 atom stereocenters. The maximum absolute atomic E-state index is 2.58. The molecule has 15 heavy (non-hydrogen) atoms. The molecule has 0 aliphatic carbocycles. The highest BCUT2D eigenvalue weighted by molar-refractivity contribution is 4.82. The van der Waals surface area contributed by atoms with Crippen LogP contribution in [0.4, 0.5) is 0 Å². The van der Waals surface area contributed by atoms with Gasteiger partial charge in [0.25, 0.3) is 0 Å². The molecule has 0 spiro atoms. The van der Waals surface area contributed by atoms with Crippen LogP contribution in [0.3, 0.4) is 0 Å². The van der Waals surface area contributed by atoms with E-state index in [0.29, 0.717) is 10.8 Å². The highest BCUT2D eigenvalue weighted by Gasteiger charge is 2.29. The molecule has 0 aromatic rings. The first-order valence-electron chi connectivity index (χ1n) is 6.51. The van der Waals surface area contributed by atoms with Crippen LogP contribution < -0.4 is 0 Å². The zero-order chi connectivity index (χ0) is 12.1. The van der Waals surface area contributed by atoms with Crippen LogP contribution in [0.15, 0.2) is 0 Å². The maximum Gasteiger partial charge on any atom is 0.00329 e. The molecule has 0 unspecified atom stereocenters. The van der Waals surface area contributed by atoms with Gasteiger partial charge in [0.2, 0.25) is 0 Å². The van der Waals surface area contributed by atoms with Crippen LogP contribution in [0.25, 0.3) is 0 Å². The fourth-order valence-corrected chi connectivity index (χ4v) is 2.64. The summed E-state index contributed by atoms with van der Waals surface area (Å²) in [5.41, 5.74) is 0.951. The van der Waals surface area contributed by atoms with E-state index in [2.05, 4.69) is 39.5 Å². The minimum absolute atomic E-state index is 0.467. The third kappa shape index (κ3) is 6.94. The van der Waals surface area contributed by atoms with Gasteiger partial charge in [0.1, 0.15) is 0 Å². The fraction of sp³-hybridized carbons (Fsp3) is 1.00. The molecule has 1 saturated heterocycles. The molecule has 0 aromatic carbocycles. The minimum atomic E-state index is 0.467. The van der Waals surface area contributed by atoms with E-state index in [4.69, 9.17) is 0 Å². The van der Waals surface area contributed by atoms with Crippen molar-refractivity contribution >= 4 is 0 Å². The smallest absolute Gasteiger partial charge is 0.00329 e. The Labute approximate surface area is 97.2 Å². The first-order valence-corrected chi connectivity index (χ1v) is 6.51. The summed E-state index contributed by atoms with van der Waals surface area (Å²) in [6.45, 7) is 19.7. The molecule has 0 radical (unpaired) electrons. The van der Waals surface area contributed by atoms with Gasteiger partial charge in [0.05, 0.1) is 0 Å². The normalized spacial score (nSPS) is 17.8. The number of hydrogen-bond acceptors (Lipinski definition) is 1. The lowest BCUT2D eigenvalue weighted by Crippen LogP contribution is -2.44. The van der Waals surface area contributed by atoms with Crippen LogP contribution in [0, 0.1) is 10.8 Å². The SMILES string of the molecule is CC.CC(C)(C)CC(C)(C)CN1CCC1. The van der Waals surface area contributed by atoms with E-state index in [-0.39, 0.29) is 0 Å². The van der Waals surface area contributed by atoms with Crippen LogP contribution in [-0.4, -0.2) is 24.5 Å². The Hall–Kier alpha value is -0.0400. The van der Waals surface area contributed by atoms with Crippen molar-refractivity contribution in [3.63, 3.8) is 0 Å². The Morgan fingerprint density at radius 3 is 1.67 bits per heavy atom. The quantitative estimate of drug-likeness (QED) is 0.680. The summed E-state index contributed by atoms with van der Waals surface area (Å²) in [5, 5.41) is 0. The van der Waals surface area contributed by atoms with Crippen molar-refractivity contribution in [2.75, 3.05) is 19.6 Å². The van der Waals surface area contributed by atoms with Crippen molar-refractivity contribution in [1.82, 2.24) is 4.90 Å². The van der Waals surface area contributed by atoms with Crippen LogP contribution in [0.1, 0.15) is 61.3 Å². The summed E-state index contributed by atoms with van der Waals surface area (Å²) in [7, 11) is 0. The zero-order valence-corrected chi connectivity index (χ0v) is 12.0. The monoisotopic (exact) mass is 213 g/mol. The van der Waals surface area contributed by atoms with Gasteiger partial charge in [-0.15, -0.1) is 0 Å². The molecule has 1 aliphatic heterocycles. The van der Waals surface area contributed by atoms with Gasteiger partial charge in [-0.2, -0.15) is 0 Å². The van der Waals surface area contributed by atoms with Crippen molar-refractivity contribution in [1.29, 1.82) is 0 Å². The van der Waals surface area contributed by atoms with Crippen LogP contribution in [0.5, 0.6) is 0 Å². The van der Waals surface area contributed by atoms with Gasteiger partial charge in [0.15, 0.2) is 0 Å². The highest BCUT2D eigenvalue weighted by atomic mass is 15.2. The predicted molar refractivity (Wildman–Crippen MR) is 70.3 cm³/mol. The summed E-state index contributed by atoms with van der Waals surface area (Å²) in [4.78, 5) is 2.58. The Kier molecular flexibility index (Phi) is 5.87. The van der Waals surface area contributed by atoms with E-state index < -0.39 is 0 Å². The van der Waals surface area contributed by atoms with E-state index in [0.717, 1.165) is 0 Å². The number of nitrogens with zero attached hydrogens (tertiary/aromatic N) is 1. The first kappa shape index (κ1) is 15.0. The van der Waals surface area contributed by atoms with Gasteiger partial charge in [-0.25, -0.2) is 0 Å². The first-order chi connectivity index (χ1) is 6.79. The third-order valence-electron chi connectivity index (χ3n) is 2.61. The van der Waals surface area contributed by atoms with Crippen molar-refractivity contribution in [2.45, 2.75) is 61.3 Å². The molecule has 0 aromatic heterocycles. The molecule has 1 nitrogen and oxygen atoms in total. The lowest BCUT2D eigenvalue weighted by Gasteiger charge is -2.40. The second-order valence-corrected chi connectivity index (χ2v) is 6.53. The molecule has 1 aliphatic rings. The van der Waals surface area contributed by atoms with E-state index in [1.807, 2.05) is 13.8 Å². The second kappa shape index (κ2) is 5.89. The van der Waals surface area contributed by atoms with Crippen LogP contribution in [-0.2, 0) is 0 Å². The Morgan fingerprint density at radius 1 is 0.933 bits per heavy atom. The standard InChI is InChI=1S/C12H25N.C2H6/c1-11(2,3)9-12(4,5)10-13-7-6-8-13;1-2/h6-10H2,1-5H3;1-2H3. The highest BCUT2D eigenvalue weighted by Crippen LogP contribution is 2.34. The summed E-state index contributed by atoms with van der Waals surface area (Å²) in [5.74, 6) is 0. The van der Waals surface area contributed by atoms with E-state index in [9.17, 15) is 0 Å². The molecule has 92 valence electrons. The van der Waals surface area contributed by atoms with Crippen LogP contribution in [0.2, 0.25) is 0 Å². The molecule has 1 heteroatoms. The summed E-state index contributed by atoms with van der Waals surface area (Å²) in [6, 6.07) is 0. The van der Waals surface area contributed by atoms with Gasteiger partial charge in [-0.3, -0.25) is 0 Å². The molecular weight excluding hydrogens is 182 g/mol. The van der Waals surface area contributed by atoms with Crippen molar-refractivity contribution < 1.29 is 0 Å². The summed E-state index contributed by atoms with van der Waals surface area (Å²) in [6.07, 6.45) is 2.72. The summed E-state index contributed by atoms with van der Waals surface area (Å²) >= 11 is 0. The number of hydrogen-bond donors (Lipinski definition) is 0. The van der Waals surface area contributed by atoms with Gasteiger partial charge >= 0.3 is 0 Å². The Bertz CT molecular complexity index is 161. The Balaban J connectivity index is 0.000000921. The minimum Gasteiger partial charge on any atom is -0.303 e. The number of rotatable bonds is 3. The summed E-state index contributed by atoms with van der Waals surface area (Å²) < 4.78 is 0. The molecule has 1 rings (SSSR count). The lowest BCUT2D eigenvalue weighted by molar-refractivity contribution is 0.0875. The van der Waals surface area contributed by atoms with E-state index in [1.54, 1.807) is 0 Å². The van der Waals surface area contributed by atoms with Crippen molar-refractivity contribution in [2.24, 2.45) is 10.8 Å². The maximum atomic E-state index is 2.58. The van der Waals surface area contributed by atoms with Gasteiger partial charge < -0.3 is 4.90 Å². The predicted octanol–water partition coefficient (Wildman–Crippen LogP) is 4.18.